The van der Waals surface area contributed by atoms with Crippen LogP contribution in [0.15, 0.2) is 24.3 Å². The van der Waals surface area contributed by atoms with Crippen LogP contribution < -0.4 is 5.32 Å². The average molecular weight is 279 g/mol. The van der Waals surface area contributed by atoms with Crippen LogP contribution in [0.4, 0.5) is 0 Å². The molecule has 1 aromatic carbocycles. The molecule has 1 N–H and O–H groups in total. The molecule has 0 bridgehead atoms. The molecule has 1 atom stereocenters. The van der Waals surface area contributed by atoms with Gasteiger partial charge in [-0.2, -0.15) is 0 Å². The molecule has 0 spiro atoms. The predicted molar refractivity (Wildman–Crippen MR) is 80.7 cm³/mol. The molecule has 19 heavy (non-hydrogen) atoms. The number of hydrogen-bond donors (Lipinski definition) is 1. The van der Waals surface area contributed by atoms with Gasteiger partial charge in [-0.15, -0.1) is 0 Å². The fourth-order valence-electron chi connectivity index (χ4n) is 2.21. The molecule has 2 aromatic rings. The summed E-state index contributed by atoms with van der Waals surface area (Å²) in [5, 5.41) is 3.37. The quantitative estimate of drug-likeness (QED) is 0.788. The van der Waals surface area contributed by atoms with Crippen molar-refractivity contribution < 1.29 is 4.21 Å². The van der Waals surface area contributed by atoms with Gasteiger partial charge in [-0.05, 0) is 32.0 Å². The maximum atomic E-state index is 11.0. The first-order valence-corrected chi connectivity index (χ1v) is 8.40. The number of aromatic nitrogens is 2. The number of nitrogens with zero attached hydrogens (tertiary/aromatic N) is 2. The molecule has 0 radical (unpaired) electrons. The lowest BCUT2D eigenvalue weighted by atomic mass is 10.3. The van der Waals surface area contributed by atoms with Crippen LogP contribution in [0.2, 0.25) is 0 Å². The molecule has 5 heteroatoms. The van der Waals surface area contributed by atoms with E-state index in [1.807, 2.05) is 18.2 Å². The van der Waals surface area contributed by atoms with Crippen LogP contribution >= 0.6 is 0 Å². The van der Waals surface area contributed by atoms with Crippen LogP contribution in [-0.4, -0.2) is 32.3 Å². The third kappa shape index (κ3) is 3.64. The number of hydrogen-bond acceptors (Lipinski definition) is 3. The second kappa shape index (κ2) is 6.82. The molecule has 2 rings (SSSR count). The van der Waals surface area contributed by atoms with Crippen LogP contribution in [0.1, 0.15) is 19.2 Å². The van der Waals surface area contributed by atoms with Crippen molar-refractivity contribution >= 4 is 21.8 Å². The Morgan fingerprint density at radius 2 is 2.16 bits per heavy atom. The Labute approximate surface area is 116 Å². The van der Waals surface area contributed by atoms with Gasteiger partial charge in [0.05, 0.1) is 17.6 Å². The summed E-state index contributed by atoms with van der Waals surface area (Å²) in [6, 6.07) is 8.22. The van der Waals surface area contributed by atoms with Crippen molar-refractivity contribution in [3.63, 3.8) is 0 Å². The summed E-state index contributed by atoms with van der Waals surface area (Å²) in [5.74, 6) is 1.83. The highest BCUT2D eigenvalue weighted by Crippen LogP contribution is 2.15. The molecule has 1 aromatic heterocycles. The molecule has 4 nitrogen and oxygen atoms in total. The molecule has 0 aliphatic heterocycles. The Balaban J connectivity index is 1.98. The molecule has 0 saturated heterocycles. The first kappa shape index (κ1) is 14.2. The SMILES string of the molecule is CCn1c(CNCCCS(C)=O)nc2ccccc21. The first-order chi connectivity index (χ1) is 9.22. The molecule has 0 aliphatic rings. The van der Waals surface area contributed by atoms with Gasteiger partial charge in [-0.1, -0.05) is 12.1 Å². The Morgan fingerprint density at radius 1 is 1.37 bits per heavy atom. The molecular weight excluding hydrogens is 258 g/mol. The average Bonchev–Trinajstić information content (AvgIpc) is 2.75. The van der Waals surface area contributed by atoms with Crippen molar-refractivity contribution in [2.75, 3.05) is 18.6 Å². The number of fused-ring (bicyclic) bond motifs is 1. The van der Waals surface area contributed by atoms with Gasteiger partial charge in [-0.25, -0.2) is 4.98 Å². The second-order valence-electron chi connectivity index (χ2n) is 4.57. The summed E-state index contributed by atoms with van der Waals surface area (Å²) in [6.45, 7) is 4.71. The van der Waals surface area contributed by atoms with Crippen molar-refractivity contribution in [2.45, 2.75) is 26.4 Å². The lowest BCUT2D eigenvalue weighted by Gasteiger charge is -2.07. The summed E-state index contributed by atoms with van der Waals surface area (Å²) in [5.41, 5.74) is 2.24. The number of aryl methyl sites for hydroxylation is 1. The van der Waals surface area contributed by atoms with Crippen LogP contribution in [-0.2, 0) is 23.9 Å². The number of rotatable bonds is 7. The van der Waals surface area contributed by atoms with E-state index in [0.717, 1.165) is 43.1 Å². The normalized spacial score (nSPS) is 12.9. The van der Waals surface area contributed by atoms with Crippen molar-refractivity contribution in [3.05, 3.63) is 30.1 Å². The topological polar surface area (TPSA) is 46.9 Å². The van der Waals surface area contributed by atoms with E-state index >= 15 is 0 Å². The van der Waals surface area contributed by atoms with Gasteiger partial charge in [-0.3, -0.25) is 4.21 Å². The largest absolute Gasteiger partial charge is 0.327 e. The zero-order valence-corrected chi connectivity index (χ0v) is 12.4. The highest BCUT2D eigenvalue weighted by atomic mass is 32.2. The zero-order chi connectivity index (χ0) is 13.7. The van der Waals surface area contributed by atoms with E-state index in [-0.39, 0.29) is 0 Å². The predicted octanol–water partition coefficient (Wildman–Crippen LogP) is 1.91. The van der Waals surface area contributed by atoms with Crippen molar-refractivity contribution in [2.24, 2.45) is 0 Å². The van der Waals surface area contributed by atoms with Crippen molar-refractivity contribution in [1.82, 2.24) is 14.9 Å². The van der Waals surface area contributed by atoms with Crippen LogP contribution in [0, 0.1) is 0 Å². The maximum Gasteiger partial charge on any atom is 0.123 e. The van der Waals surface area contributed by atoms with Gasteiger partial charge in [0.15, 0.2) is 0 Å². The fraction of sp³-hybridized carbons (Fsp3) is 0.500. The lowest BCUT2D eigenvalue weighted by Crippen LogP contribution is -2.19. The van der Waals surface area contributed by atoms with E-state index in [4.69, 9.17) is 0 Å². The minimum absolute atomic E-state index is 0.693. The summed E-state index contributed by atoms with van der Waals surface area (Å²) >= 11 is 0. The summed E-state index contributed by atoms with van der Waals surface area (Å²) in [7, 11) is -0.693. The molecule has 0 saturated carbocycles. The molecule has 0 fully saturated rings. The lowest BCUT2D eigenvalue weighted by molar-refractivity contribution is 0.614. The molecule has 104 valence electrons. The van der Waals surface area contributed by atoms with E-state index in [1.165, 1.54) is 5.52 Å². The second-order valence-corrected chi connectivity index (χ2v) is 6.12. The molecule has 0 amide bonds. The van der Waals surface area contributed by atoms with Crippen LogP contribution in [0.3, 0.4) is 0 Å². The van der Waals surface area contributed by atoms with Gasteiger partial charge >= 0.3 is 0 Å². The smallest absolute Gasteiger partial charge is 0.123 e. The number of para-hydroxylation sites is 2. The first-order valence-electron chi connectivity index (χ1n) is 6.67. The van der Waals surface area contributed by atoms with E-state index < -0.39 is 10.8 Å². The highest BCUT2D eigenvalue weighted by molar-refractivity contribution is 7.84. The molecular formula is C14H21N3OS. The van der Waals surface area contributed by atoms with E-state index in [0.29, 0.717) is 0 Å². The number of nitrogens with one attached hydrogen (secondary N) is 1. The Morgan fingerprint density at radius 3 is 2.89 bits per heavy atom. The molecule has 1 heterocycles. The van der Waals surface area contributed by atoms with Crippen molar-refractivity contribution in [1.29, 1.82) is 0 Å². The van der Waals surface area contributed by atoms with Crippen LogP contribution in [0.25, 0.3) is 11.0 Å². The van der Waals surface area contributed by atoms with Gasteiger partial charge in [0.1, 0.15) is 5.82 Å². The monoisotopic (exact) mass is 279 g/mol. The fourth-order valence-corrected chi connectivity index (χ4v) is 2.76. The van der Waals surface area contributed by atoms with E-state index in [9.17, 15) is 4.21 Å². The van der Waals surface area contributed by atoms with E-state index in [2.05, 4.69) is 27.9 Å². The van der Waals surface area contributed by atoms with Gasteiger partial charge in [0.25, 0.3) is 0 Å². The van der Waals surface area contributed by atoms with Gasteiger partial charge < -0.3 is 9.88 Å². The van der Waals surface area contributed by atoms with Gasteiger partial charge in [0, 0.05) is 29.4 Å². The minimum Gasteiger partial charge on any atom is -0.327 e. The Bertz CT molecular complexity index is 565. The third-order valence-electron chi connectivity index (χ3n) is 3.12. The summed E-state index contributed by atoms with van der Waals surface area (Å²) in [6.07, 6.45) is 2.69. The Kier molecular flexibility index (Phi) is 5.10. The number of benzene rings is 1. The van der Waals surface area contributed by atoms with Crippen LogP contribution in [0.5, 0.6) is 0 Å². The van der Waals surface area contributed by atoms with Gasteiger partial charge in [0.2, 0.25) is 0 Å². The summed E-state index contributed by atoms with van der Waals surface area (Å²) < 4.78 is 13.2. The third-order valence-corrected chi connectivity index (χ3v) is 3.98. The number of imidazole rings is 1. The Hall–Kier alpha value is -1.20. The standard InChI is InChI=1S/C14H21N3OS/c1-3-17-13-8-5-4-7-12(13)16-14(17)11-15-9-6-10-19(2)18/h4-5,7-8,15H,3,6,9-11H2,1-2H3. The highest BCUT2D eigenvalue weighted by Gasteiger charge is 2.07. The minimum atomic E-state index is -0.693. The molecule has 0 aliphatic carbocycles. The zero-order valence-electron chi connectivity index (χ0n) is 11.6. The molecule has 1 unspecified atom stereocenters. The van der Waals surface area contributed by atoms with Crippen molar-refractivity contribution in [3.8, 4) is 0 Å². The summed E-state index contributed by atoms with van der Waals surface area (Å²) in [4.78, 5) is 4.66. The maximum absolute atomic E-state index is 11.0. The van der Waals surface area contributed by atoms with E-state index in [1.54, 1.807) is 6.26 Å².